The molecule has 1 unspecified atom stereocenters. The van der Waals surface area contributed by atoms with Crippen molar-refractivity contribution >= 4 is 0 Å². The van der Waals surface area contributed by atoms with Gasteiger partial charge in [-0.1, -0.05) is 30.3 Å². The second kappa shape index (κ2) is 4.68. The van der Waals surface area contributed by atoms with Gasteiger partial charge in [-0.25, -0.2) is 4.39 Å². The Labute approximate surface area is 101 Å². The lowest BCUT2D eigenvalue weighted by Crippen LogP contribution is -2.07. The van der Waals surface area contributed by atoms with Gasteiger partial charge >= 0.3 is 0 Å². The van der Waals surface area contributed by atoms with Crippen LogP contribution in [0.3, 0.4) is 0 Å². The number of hydrogen-bond donors (Lipinski definition) is 1. The van der Waals surface area contributed by atoms with E-state index in [-0.39, 0.29) is 11.9 Å². The first-order chi connectivity index (χ1) is 8.09. The number of hydrogen-bond acceptors (Lipinski definition) is 1. The molecule has 0 saturated heterocycles. The Hall–Kier alpha value is -1.67. The average Bonchev–Trinajstić information content (AvgIpc) is 2.30. The lowest BCUT2D eigenvalue weighted by Gasteiger charge is -2.11. The highest BCUT2D eigenvalue weighted by Crippen LogP contribution is 2.26. The summed E-state index contributed by atoms with van der Waals surface area (Å²) in [6.45, 7) is 3.84. The van der Waals surface area contributed by atoms with Gasteiger partial charge in [0, 0.05) is 11.6 Å². The number of aryl methyl sites for hydroxylation is 1. The summed E-state index contributed by atoms with van der Waals surface area (Å²) < 4.78 is 13.6. The second-order valence-corrected chi connectivity index (χ2v) is 4.34. The van der Waals surface area contributed by atoms with E-state index >= 15 is 0 Å². The van der Waals surface area contributed by atoms with E-state index in [1.165, 1.54) is 11.6 Å². The van der Waals surface area contributed by atoms with Gasteiger partial charge in [-0.15, -0.1) is 0 Å². The Balaban J connectivity index is 2.54. The first kappa shape index (κ1) is 11.8. The highest BCUT2D eigenvalue weighted by molar-refractivity contribution is 5.67. The van der Waals surface area contributed by atoms with Gasteiger partial charge in [-0.2, -0.15) is 0 Å². The van der Waals surface area contributed by atoms with Crippen molar-refractivity contribution in [2.75, 3.05) is 0 Å². The summed E-state index contributed by atoms with van der Waals surface area (Å²) in [7, 11) is 0. The van der Waals surface area contributed by atoms with Crippen molar-refractivity contribution in [1.82, 2.24) is 0 Å². The summed E-state index contributed by atoms with van der Waals surface area (Å²) in [6.07, 6.45) is 0. The fourth-order valence-corrected chi connectivity index (χ4v) is 1.96. The van der Waals surface area contributed by atoms with Gasteiger partial charge in [0.1, 0.15) is 5.82 Å². The molecule has 0 aliphatic carbocycles. The summed E-state index contributed by atoms with van der Waals surface area (Å²) in [4.78, 5) is 0. The van der Waals surface area contributed by atoms with E-state index in [1.807, 2.05) is 37.3 Å². The molecule has 2 heteroatoms. The molecule has 0 radical (unpaired) electrons. The molecule has 0 amide bonds. The molecule has 0 saturated carbocycles. The molecule has 88 valence electrons. The highest BCUT2D eigenvalue weighted by atomic mass is 19.1. The normalized spacial score (nSPS) is 12.5. The smallest absolute Gasteiger partial charge is 0.128 e. The van der Waals surface area contributed by atoms with E-state index in [9.17, 15) is 4.39 Å². The molecular formula is C15H16FN. The number of nitrogens with two attached hydrogens (primary N) is 1. The van der Waals surface area contributed by atoms with Crippen LogP contribution in [0, 0.1) is 12.7 Å². The van der Waals surface area contributed by atoms with E-state index < -0.39 is 0 Å². The molecule has 0 fully saturated rings. The number of benzene rings is 2. The third kappa shape index (κ3) is 2.37. The summed E-state index contributed by atoms with van der Waals surface area (Å²) in [5.74, 6) is -0.239. The first-order valence-corrected chi connectivity index (χ1v) is 5.70. The minimum atomic E-state index is -0.293. The monoisotopic (exact) mass is 229 g/mol. The van der Waals surface area contributed by atoms with Crippen LogP contribution < -0.4 is 5.73 Å². The minimum absolute atomic E-state index is 0.239. The molecule has 0 aromatic heterocycles. The molecule has 0 bridgehead atoms. The third-order valence-corrected chi connectivity index (χ3v) is 2.94. The van der Waals surface area contributed by atoms with Gasteiger partial charge in [0.2, 0.25) is 0 Å². The predicted octanol–water partition coefficient (Wildman–Crippen LogP) is 3.82. The molecule has 17 heavy (non-hydrogen) atoms. The summed E-state index contributed by atoms with van der Waals surface area (Å²) in [5, 5.41) is 0. The maximum Gasteiger partial charge on any atom is 0.128 e. The van der Waals surface area contributed by atoms with E-state index in [4.69, 9.17) is 5.73 Å². The Bertz CT molecular complexity index is 532. The van der Waals surface area contributed by atoms with Crippen LogP contribution in [0.2, 0.25) is 0 Å². The van der Waals surface area contributed by atoms with Gasteiger partial charge < -0.3 is 5.73 Å². The molecule has 2 aromatic rings. The molecule has 0 spiro atoms. The zero-order valence-corrected chi connectivity index (χ0v) is 10.1. The van der Waals surface area contributed by atoms with Crippen molar-refractivity contribution < 1.29 is 4.39 Å². The zero-order valence-electron chi connectivity index (χ0n) is 10.1. The molecule has 0 heterocycles. The Kier molecular flexibility index (Phi) is 3.25. The largest absolute Gasteiger partial charge is 0.324 e. The van der Waals surface area contributed by atoms with Gasteiger partial charge in [0.15, 0.2) is 0 Å². The first-order valence-electron chi connectivity index (χ1n) is 5.70. The quantitative estimate of drug-likeness (QED) is 0.832. The summed E-state index contributed by atoms with van der Waals surface area (Å²) >= 11 is 0. The molecule has 0 aliphatic heterocycles. The molecular weight excluding hydrogens is 213 g/mol. The third-order valence-electron chi connectivity index (χ3n) is 2.94. The highest BCUT2D eigenvalue weighted by Gasteiger charge is 2.09. The van der Waals surface area contributed by atoms with E-state index in [0.717, 1.165) is 11.1 Å². The molecule has 2 rings (SSSR count). The van der Waals surface area contributed by atoms with Crippen molar-refractivity contribution in [1.29, 1.82) is 0 Å². The number of halogens is 1. The number of rotatable bonds is 2. The van der Waals surface area contributed by atoms with Crippen molar-refractivity contribution in [2.45, 2.75) is 19.9 Å². The van der Waals surface area contributed by atoms with Crippen molar-refractivity contribution in [3.8, 4) is 11.1 Å². The minimum Gasteiger partial charge on any atom is -0.324 e. The van der Waals surface area contributed by atoms with Crippen molar-refractivity contribution in [3.63, 3.8) is 0 Å². The van der Waals surface area contributed by atoms with Crippen LogP contribution in [0.15, 0.2) is 42.5 Å². The van der Waals surface area contributed by atoms with Gasteiger partial charge in [-0.05, 0) is 42.7 Å². The van der Waals surface area contributed by atoms with Gasteiger partial charge in [0.25, 0.3) is 0 Å². The van der Waals surface area contributed by atoms with E-state index in [1.54, 1.807) is 13.0 Å². The van der Waals surface area contributed by atoms with E-state index in [2.05, 4.69) is 0 Å². The van der Waals surface area contributed by atoms with Crippen LogP contribution in [0.4, 0.5) is 4.39 Å². The van der Waals surface area contributed by atoms with Crippen LogP contribution in [-0.4, -0.2) is 0 Å². The Morgan fingerprint density at radius 2 is 1.82 bits per heavy atom. The Morgan fingerprint density at radius 1 is 1.12 bits per heavy atom. The van der Waals surface area contributed by atoms with Crippen LogP contribution >= 0.6 is 0 Å². The predicted molar refractivity (Wildman–Crippen MR) is 69.2 cm³/mol. The van der Waals surface area contributed by atoms with Gasteiger partial charge in [0.05, 0.1) is 0 Å². The standard InChI is InChI=1S/C15H16FN/c1-10-5-3-4-6-13(10)12-7-8-15(16)14(9-12)11(2)17/h3-9,11H,17H2,1-2H3. The molecule has 2 aromatic carbocycles. The Morgan fingerprint density at radius 3 is 2.47 bits per heavy atom. The van der Waals surface area contributed by atoms with Crippen LogP contribution in [0.1, 0.15) is 24.1 Å². The molecule has 0 aliphatic rings. The fourth-order valence-electron chi connectivity index (χ4n) is 1.96. The summed E-state index contributed by atoms with van der Waals surface area (Å²) in [5.41, 5.74) is 9.63. The van der Waals surface area contributed by atoms with E-state index in [0.29, 0.717) is 5.56 Å². The van der Waals surface area contributed by atoms with Crippen molar-refractivity contribution in [3.05, 3.63) is 59.4 Å². The maximum atomic E-state index is 13.6. The lowest BCUT2D eigenvalue weighted by molar-refractivity contribution is 0.594. The molecule has 1 atom stereocenters. The van der Waals surface area contributed by atoms with Crippen LogP contribution in [0.5, 0.6) is 0 Å². The molecule has 2 N–H and O–H groups in total. The van der Waals surface area contributed by atoms with Crippen LogP contribution in [-0.2, 0) is 0 Å². The topological polar surface area (TPSA) is 26.0 Å². The lowest BCUT2D eigenvalue weighted by atomic mass is 9.97. The van der Waals surface area contributed by atoms with Gasteiger partial charge in [-0.3, -0.25) is 0 Å². The average molecular weight is 229 g/mol. The fraction of sp³-hybridized carbons (Fsp3) is 0.200. The van der Waals surface area contributed by atoms with Crippen LogP contribution in [0.25, 0.3) is 11.1 Å². The summed E-state index contributed by atoms with van der Waals surface area (Å²) in [6, 6.07) is 12.9. The SMILES string of the molecule is Cc1ccccc1-c1ccc(F)c(C(C)N)c1. The zero-order chi connectivity index (χ0) is 12.4. The molecule has 1 nitrogen and oxygen atoms in total. The maximum absolute atomic E-state index is 13.6. The second-order valence-electron chi connectivity index (χ2n) is 4.34. The van der Waals surface area contributed by atoms with Crippen molar-refractivity contribution in [2.24, 2.45) is 5.73 Å².